The summed E-state index contributed by atoms with van der Waals surface area (Å²) in [5.74, 6) is 0. The number of aromatic nitrogens is 2. The number of halogens is 2. The number of fused-ring (bicyclic) bond motifs is 1. The average molecular weight is 331 g/mol. The Bertz CT molecular complexity index is 892. The molecule has 3 rings (SSSR count). The molecule has 5 heteroatoms. The predicted octanol–water partition coefficient (Wildman–Crippen LogP) is 4.75. The molecule has 0 radical (unpaired) electrons. The summed E-state index contributed by atoms with van der Waals surface area (Å²) in [7, 11) is 1.91. The Balaban J connectivity index is 2.13. The maximum absolute atomic E-state index is 11.2. The van der Waals surface area contributed by atoms with Crippen molar-refractivity contribution in [3.8, 4) is 0 Å². The quantitative estimate of drug-likeness (QED) is 0.513. The summed E-state index contributed by atoms with van der Waals surface area (Å²) in [6.45, 7) is 4.11. The Labute approximate surface area is 137 Å². The number of rotatable bonds is 3. The lowest BCUT2D eigenvalue weighted by molar-refractivity contribution is 0.112. The van der Waals surface area contributed by atoms with E-state index in [9.17, 15) is 4.79 Å². The second kappa shape index (κ2) is 5.59. The van der Waals surface area contributed by atoms with Crippen LogP contribution in [0.3, 0.4) is 0 Å². The molecule has 0 spiro atoms. The smallest absolute Gasteiger partial charge is 0.152 e. The van der Waals surface area contributed by atoms with E-state index in [2.05, 4.69) is 11.6 Å². The lowest BCUT2D eigenvalue weighted by Crippen LogP contribution is -1.90. The Morgan fingerprint density at radius 3 is 2.50 bits per heavy atom. The molecule has 3 nitrogen and oxygen atoms in total. The van der Waals surface area contributed by atoms with Gasteiger partial charge in [0.2, 0.25) is 0 Å². The predicted molar refractivity (Wildman–Crippen MR) is 90.7 cm³/mol. The molecule has 0 fully saturated rings. The van der Waals surface area contributed by atoms with Gasteiger partial charge in [-0.15, -0.1) is 0 Å². The van der Waals surface area contributed by atoms with Crippen molar-refractivity contribution in [1.29, 1.82) is 0 Å². The zero-order valence-corrected chi connectivity index (χ0v) is 13.3. The first-order chi connectivity index (χ1) is 10.5. The minimum Gasteiger partial charge on any atom is -0.350 e. The highest BCUT2D eigenvalue weighted by atomic mass is 35.5. The molecule has 0 bridgehead atoms. The van der Waals surface area contributed by atoms with E-state index in [1.165, 1.54) is 0 Å². The monoisotopic (exact) mass is 330 g/mol. The van der Waals surface area contributed by atoms with Gasteiger partial charge in [-0.2, -0.15) is 0 Å². The van der Waals surface area contributed by atoms with Crippen molar-refractivity contribution in [2.45, 2.75) is 0 Å². The van der Waals surface area contributed by atoms with Gasteiger partial charge in [-0.1, -0.05) is 35.8 Å². The van der Waals surface area contributed by atoms with Crippen LogP contribution in [-0.2, 0) is 7.05 Å². The van der Waals surface area contributed by atoms with Gasteiger partial charge in [0.25, 0.3) is 0 Å². The van der Waals surface area contributed by atoms with Crippen LogP contribution in [0.4, 0.5) is 0 Å². The molecule has 2 aromatic heterocycles. The average Bonchev–Trinajstić information content (AvgIpc) is 2.81. The highest BCUT2D eigenvalue weighted by Crippen LogP contribution is 2.29. The third-order valence-electron chi connectivity index (χ3n) is 3.61. The second-order valence-electron chi connectivity index (χ2n) is 5.02. The fourth-order valence-corrected chi connectivity index (χ4v) is 2.97. The molecule has 0 aliphatic carbocycles. The van der Waals surface area contributed by atoms with Crippen LogP contribution in [0, 0.1) is 0 Å². The molecule has 0 amide bonds. The van der Waals surface area contributed by atoms with E-state index in [0.29, 0.717) is 15.9 Å². The molecule has 0 atom stereocenters. The summed E-state index contributed by atoms with van der Waals surface area (Å²) < 4.78 is 1.92. The normalized spacial score (nSPS) is 10.9. The first-order valence-corrected chi connectivity index (χ1v) is 7.32. The van der Waals surface area contributed by atoms with E-state index in [0.717, 1.165) is 33.9 Å². The van der Waals surface area contributed by atoms with Crippen LogP contribution >= 0.6 is 23.2 Å². The van der Waals surface area contributed by atoms with Gasteiger partial charge >= 0.3 is 0 Å². The number of aryl methyl sites for hydroxylation is 1. The highest BCUT2D eigenvalue weighted by Gasteiger charge is 2.10. The summed E-state index contributed by atoms with van der Waals surface area (Å²) >= 11 is 11.9. The van der Waals surface area contributed by atoms with Crippen molar-refractivity contribution in [2.75, 3.05) is 0 Å². The summed E-state index contributed by atoms with van der Waals surface area (Å²) in [6.07, 6.45) is 2.67. The van der Waals surface area contributed by atoms with Gasteiger partial charge in [0.05, 0.1) is 0 Å². The summed E-state index contributed by atoms with van der Waals surface area (Å²) in [6, 6.07) is 9.30. The number of hydrogen-bond acceptors (Lipinski definition) is 2. The van der Waals surface area contributed by atoms with Crippen molar-refractivity contribution >= 4 is 46.0 Å². The summed E-state index contributed by atoms with van der Waals surface area (Å²) in [5, 5.41) is 1.53. The number of carbonyl (C=O) groups is 1. The van der Waals surface area contributed by atoms with E-state index >= 15 is 0 Å². The van der Waals surface area contributed by atoms with Crippen LogP contribution in [0.25, 0.3) is 16.5 Å². The van der Waals surface area contributed by atoms with Gasteiger partial charge in [-0.05, 0) is 41.0 Å². The zero-order valence-electron chi connectivity index (χ0n) is 11.8. The van der Waals surface area contributed by atoms with Gasteiger partial charge in [0, 0.05) is 29.7 Å². The Morgan fingerprint density at radius 1 is 1.18 bits per heavy atom. The van der Waals surface area contributed by atoms with Gasteiger partial charge in [-0.25, -0.2) is 4.98 Å². The first kappa shape index (κ1) is 14.8. The summed E-state index contributed by atoms with van der Waals surface area (Å²) in [4.78, 5) is 15.1. The number of carbonyl (C=O) groups excluding carboxylic acids is 1. The maximum Gasteiger partial charge on any atom is 0.152 e. The van der Waals surface area contributed by atoms with E-state index in [1.54, 1.807) is 12.1 Å². The molecular weight excluding hydrogens is 319 g/mol. The summed E-state index contributed by atoms with van der Waals surface area (Å²) in [5.41, 5.74) is 4.12. The molecule has 1 aromatic carbocycles. The standard InChI is InChI=1S/C17H12Cl2N2O/c1-10(12-6-16(18)20-17(19)7-12)11-3-4-15-14(5-11)13(9-22)8-21(15)2/h3-9H,1H2,2H3. The SMILES string of the molecule is C=C(c1cc(Cl)nc(Cl)c1)c1ccc2c(c1)c(C=O)cn2C. The van der Waals surface area contributed by atoms with Crippen molar-refractivity contribution in [3.63, 3.8) is 0 Å². The van der Waals surface area contributed by atoms with Crippen LogP contribution in [0.2, 0.25) is 10.3 Å². The molecule has 0 aliphatic heterocycles. The van der Waals surface area contributed by atoms with Gasteiger partial charge in [0.1, 0.15) is 10.3 Å². The molecule has 110 valence electrons. The lowest BCUT2D eigenvalue weighted by Gasteiger charge is -2.08. The Hall–Kier alpha value is -2.10. The molecule has 0 saturated heterocycles. The first-order valence-electron chi connectivity index (χ1n) is 6.56. The van der Waals surface area contributed by atoms with Crippen molar-refractivity contribution in [2.24, 2.45) is 7.05 Å². The third-order valence-corrected chi connectivity index (χ3v) is 3.99. The molecule has 0 N–H and O–H groups in total. The van der Waals surface area contributed by atoms with E-state index in [-0.39, 0.29) is 0 Å². The van der Waals surface area contributed by atoms with E-state index in [1.807, 2.05) is 36.0 Å². The second-order valence-corrected chi connectivity index (χ2v) is 5.80. The number of aldehydes is 1. The molecule has 3 aromatic rings. The fraction of sp³-hybridized carbons (Fsp3) is 0.0588. The molecule has 0 saturated carbocycles. The minimum absolute atomic E-state index is 0.318. The lowest BCUT2D eigenvalue weighted by atomic mass is 9.98. The number of pyridine rings is 1. The number of hydrogen-bond donors (Lipinski definition) is 0. The third kappa shape index (κ3) is 2.54. The molecule has 22 heavy (non-hydrogen) atoms. The molecule has 0 aliphatic rings. The molecule has 0 unspecified atom stereocenters. The molecular formula is C17H12Cl2N2O. The van der Waals surface area contributed by atoms with Crippen LogP contribution in [-0.4, -0.2) is 15.8 Å². The maximum atomic E-state index is 11.2. The fourth-order valence-electron chi connectivity index (χ4n) is 2.51. The van der Waals surface area contributed by atoms with Crippen molar-refractivity contribution in [3.05, 3.63) is 70.1 Å². The highest BCUT2D eigenvalue weighted by molar-refractivity contribution is 6.32. The van der Waals surface area contributed by atoms with Crippen molar-refractivity contribution < 1.29 is 4.79 Å². The molecule has 2 heterocycles. The minimum atomic E-state index is 0.318. The number of benzene rings is 1. The van der Waals surface area contributed by atoms with Crippen LogP contribution in [0.15, 0.2) is 43.1 Å². The van der Waals surface area contributed by atoms with Crippen molar-refractivity contribution in [1.82, 2.24) is 9.55 Å². The Morgan fingerprint density at radius 2 is 1.86 bits per heavy atom. The zero-order chi connectivity index (χ0) is 15.9. The number of nitrogens with zero attached hydrogens (tertiary/aromatic N) is 2. The van der Waals surface area contributed by atoms with Crippen LogP contribution in [0.5, 0.6) is 0 Å². The Kier molecular flexibility index (Phi) is 3.77. The van der Waals surface area contributed by atoms with Crippen LogP contribution < -0.4 is 0 Å². The van der Waals surface area contributed by atoms with Crippen LogP contribution in [0.1, 0.15) is 21.5 Å². The van der Waals surface area contributed by atoms with Gasteiger partial charge in [-0.3, -0.25) is 4.79 Å². The van der Waals surface area contributed by atoms with Gasteiger partial charge in [0.15, 0.2) is 6.29 Å². The topological polar surface area (TPSA) is 34.9 Å². The van der Waals surface area contributed by atoms with E-state index < -0.39 is 0 Å². The largest absolute Gasteiger partial charge is 0.350 e. The van der Waals surface area contributed by atoms with Gasteiger partial charge < -0.3 is 4.57 Å². The van der Waals surface area contributed by atoms with E-state index in [4.69, 9.17) is 23.2 Å².